The second kappa shape index (κ2) is 7.74. The third kappa shape index (κ3) is 4.31. The van der Waals surface area contributed by atoms with Gasteiger partial charge in [-0.05, 0) is 36.5 Å². The van der Waals surface area contributed by atoms with Gasteiger partial charge in [-0.3, -0.25) is 4.79 Å². The highest BCUT2D eigenvalue weighted by Crippen LogP contribution is 2.43. The van der Waals surface area contributed by atoms with Crippen LogP contribution in [0.3, 0.4) is 0 Å². The largest absolute Gasteiger partial charge is 0.496 e. The van der Waals surface area contributed by atoms with Crippen LogP contribution in [0.5, 0.6) is 5.75 Å². The quantitative estimate of drug-likeness (QED) is 0.635. The minimum absolute atomic E-state index is 0. The van der Waals surface area contributed by atoms with Gasteiger partial charge in [0.2, 0.25) is 0 Å². The minimum atomic E-state index is -4.58. The number of hydrogen-bond acceptors (Lipinski definition) is 2. The van der Waals surface area contributed by atoms with E-state index < -0.39 is 23.6 Å². The molecule has 1 amide bonds. The number of guanidine groups is 1. The molecule has 0 atom stereocenters. The molecule has 0 saturated heterocycles. The lowest BCUT2D eigenvalue weighted by molar-refractivity contribution is -0.137. The third-order valence-electron chi connectivity index (χ3n) is 3.91. The van der Waals surface area contributed by atoms with Gasteiger partial charge < -0.3 is 16.2 Å². The van der Waals surface area contributed by atoms with Crippen molar-refractivity contribution < 1.29 is 22.7 Å². The van der Waals surface area contributed by atoms with Crippen molar-refractivity contribution in [1.82, 2.24) is 0 Å². The lowest BCUT2D eigenvalue weighted by Gasteiger charge is -2.19. The van der Waals surface area contributed by atoms with Crippen molar-refractivity contribution in [1.29, 1.82) is 0 Å². The fourth-order valence-electron chi connectivity index (χ4n) is 2.92. The van der Waals surface area contributed by atoms with Crippen LogP contribution in [0.25, 0.3) is 0 Å². The van der Waals surface area contributed by atoms with Gasteiger partial charge >= 0.3 is 6.18 Å². The molecule has 1 aromatic carbocycles. The van der Waals surface area contributed by atoms with Crippen LogP contribution in [0.15, 0.2) is 17.1 Å². The fourth-order valence-corrected chi connectivity index (χ4v) is 2.92. The predicted octanol–water partition coefficient (Wildman–Crippen LogP) is 3.21. The van der Waals surface area contributed by atoms with Gasteiger partial charge in [0.05, 0.1) is 18.2 Å². The Labute approximate surface area is 143 Å². The maximum Gasteiger partial charge on any atom is 0.416 e. The van der Waals surface area contributed by atoms with Gasteiger partial charge in [-0.1, -0.05) is 12.8 Å². The van der Waals surface area contributed by atoms with Crippen molar-refractivity contribution in [2.24, 2.45) is 16.5 Å². The second-order valence-electron chi connectivity index (χ2n) is 5.47. The van der Waals surface area contributed by atoms with Gasteiger partial charge in [-0.2, -0.15) is 18.2 Å². The van der Waals surface area contributed by atoms with E-state index in [0.29, 0.717) is 5.56 Å². The molecule has 0 spiro atoms. The van der Waals surface area contributed by atoms with Crippen LogP contribution in [0.2, 0.25) is 0 Å². The zero-order chi connectivity index (χ0) is 17.2. The Morgan fingerprint density at radius 2 is 1.83 bits per heavy atom. The Hall–Kier alpha value is -1.96. The Morgan fingerprint density at radius 1 is 1.25 bits per heavy atom. The number of rotatable bonds is 3. The summed E-state index contributed by atoms with van der Waals surface area (Å²) >= 11 is 0. The molecule has 2 rings (SSSR count). The van der Waals surface area contributed by atoms with Gasteiger partial charge in [-0.25, -0.2) is 0 Å². The number of ether oxygens (including phenoxy) is 1. The molecule has 0 heterocycles. The van der Waals surface area contributed by atoms with Crippen molar-refractivity contribution >= 4 is 24.3 Å². The molecule has 5 nitrogen and oxygen atoms in total. The van der Waals surface area contributed by atoms with Crippen molar-refractivity contribution in [2.75, 3.05) is 7.11 Å². The summed E-state index contributed by atoms with van der Waals surface area (Å²) < 4.78 is 44.7. The highest BCUT2D eigenvalue weighted by Gasteiger charge is 2.35. The highest BCUT2D eigenvalue weighted by atomic mass is 35.5. The first-order valence-corrected chi connectivity index (χ1v) is 7.17. The summed E-state index contributed by atoms with van der Waals surface area (Å²) in [4.78, 5) is 15.4. The number of amides is 1. The third-order valence-corrected chi connectivity index (χ3v) is 3.91. The maximum absolute atomic E-state index is 13.2. The number of alkyl halides is 3. The first-order chi connectivity index (χ1) is 10.7. The van der Waals surface area contributed by atoms with E-state index in [1.807, 2.05) is 0 Å². The number of hydrogen-bond donors (Lipinski definition) is 2. The first-order valence-electron chi connectivity index (χ1n) is 7.17. The molecule has 1 aliphatic rings. The van der Waals surface area contributed by atoms with E-state index in [1.165, 1.54) is 7.11 Å². The summed E-state index contributed by atoms with van der Waals surface area (Å²) in [5.41, 5.74) is 9.50. The Morgan fingerprint density at radius 3 is 2.29 bits per heavy atom. The van der Waals surface area contributed by atoms with Crippen LogP contribution in [-0.4, -0.2) is 19.0 Å². The molecule has 9 heteroatoms. The standard InChI is InChI=1S/C15H18F3N3O2.ClH/c1-23-12-10(8-4-2-3-5-8)6-9(15(16,17)18)7-11(12)13(22)21-14(19)20;/h6-8H,2-5H2,1H3,(H4,19,20,21,22);1H. The average Bonchev–Trinajstić information content (AvgIpc) is 2.98. The molecule has 1 saturated carbocycles. The molecule has 0 unspecified atom stereocenters. The van der Waals surface area contributed by atoms with E-state index in [-0.39, 0.29) is 29.6 Å². The van der Waals surface area contributed by atoms with Crippen LogP contribution in [-0.2, 0) is 6.18 Å². The van der Waals surface area contributed by atoms with E-state index in [1.54, 1.807) is 0 Å². The van der Waals surface area contributed by atoms with Crippen LogP contribution in [0, 0.1) is 0 Å². The Kier molecular flexibility index (Phi) is 6.48. The maximum atomic E-state index is 13.2. The summed E-state index contributed by atoms with van der Waals surface area (Å²) in [5.74, 6) is -1.43. The van der Waals surface area contributed by atoms with Crippen molar-refractivity contribution in [3.05, 3.63) is 28.8 Å². The van der Waals surface area contributed by atoms with Gasteiger partial charge in [0.1, 0.15) is 5.75 Å². The SMILES string of the molecule is COc1c(C(=O)N=C(N)N)cc(C(F)(F)F)cc1C1CCCC1.Cl. The van der Waals surface area contributed by atoms with Crippen molar-refractivity contribution in [2.45, 2.75) is 37.8 Å². The minimum Gasteiger partial charge on any atom is -0.496 e. The molecule has 0 bridgehead atoms. The molecule has 1 aliphatic carbocycles. The summed E-state index contributed by atoms with van der Waals surface area (Å²) in [7, 11) is 1.31. The molecular formula is C15H19ClF3N3O2. The predicted molar refractivity (Wildman–Crippen MR) is 86.6 cm³/mol. The van der Waals surface area contributed by atoms with E-state index in [0.717, 1.165) is 37.8 Å². The summed E-state index contributed by atoms with van der Waals surface area (Å²) in [6.07, 6.45) is -1.20. The lowest BCUT2D eigenvalue weighted by atomic mass is 9.92. The molecule has 1 fully saturated rings. The number of halogens is 4. The molecule has 4 N–H and O–H groups in total. The number of nitrogens with zero attached hydrogens (tertiary/aromatic N) is 1. The van der Waals surface area contributed by atoms with Crippen molar-refractivity contribution in [3.8, 4) is 5.75 Å². The Bertz CT molecular complexity index is 638. The lowest BCUT2D eigenvalue weighted by Crippen LogP contribution is -2.24. The first kappa shape index (κ1) is 20.1. The molecule has 0 radical (unpaired) electrons. The molecule has 134 valence electrons. The van der Waals surface area contributed by atoms with Gasteiger partial charge in [0.15, 0.2) is 5.96 Å². The van der Waals surface area contributed by atoms with E-state index in [4.69, 9.17) is 16.2 Å². The topological polar surface area (TPSA) is 90.7 Å². The average molecular weight is 366 g/mol. The van der Waals surface area contributed by atoms with Gasteiger partial charge in [-0.15, -0.1) is 12.4 Å². The van der Waals surface area contributed by atoms with E-state index in [2.05, 4.69) is 4.99 Å². The highest BCUT2D eigenvalue weighted by molar-refractivity contribution is 6.04. The van der Waals surface area contributed by atoms with Crippen LogP contribution in [0.1, 0.15) is 53.1 Å². The molecule has 1 aromatic rings. The zero-order valence-electron chi connectivity index (χ0n) is 13.0. The van der Waals surface area contributed by atoms with E-state index in [9.17, 15) is 18.0 Å². The number of aliphatic imine (C=N–C) groups is 1. The smallest absolute Gasteiger partial charge is 0.416 e. The monoisotopic (exact) mass is 365 g/mol. The molecule has 0 aliphatic heterocycles. The fraction of sp³-hybridized carbons (Fsp3) is 0.467. The summed E-state index contributed by atoms with van der Waals surface area (Å²) in [5, 5.41) is 0. The van der Waals surface area contributed by atoms with Crippen LogP contribution >= 0.6 is 12.4 Å². The number of nitrogens with two attached hydrogens (primary N) is 2. The van der Waals surface area contributed by atoms with E-state index >= 15 is 0 Å². The van der Waals surface area contributed by atoms with Crippen molar-refractivity contribution in [3.63, 3.8) is 0 Å². The van der Waals surface area contributed by atoms with Crippen LogP contribution < -0.4 is 16.2 Å². The van der Waals surface area contributed by atoms with Gasteiger partial charge in [0.25, 0.3) is 5.91 Å². The summed E-state index contributed by atoms with van der Waals surface area (Å²) in [6, 6.07) is 1.78. The second-order valence-corrected chi connectivity index (χ2v) is 5.47. The van der Waals surface area contributed by atoms with Crippen LogP contribution in [0.4, 0.5) is 13.2 Å². The number of benzene rings is 1. The number of carbonyl (C=O) groups excluding carboxylic acids is 1. The summed E-state index contributed by atoms with van der Waals surface area (Å²) in [6.45, 7) is 0. The number of carbonyl (C=O) groups is 1. The molecule has 24 heavy (non-hydrogen) atoms. The normalized spacial score (nSPS) is 14.8. The zero-order valence-corrected chi connectivity index (χ0v) is 13.8. The molecule has 0 aromatic heterocycles. The molecular weight excluding hydrogens is 347 g/mol. The van der Waals surface area contributed by atoms with Gasteiger partial charge in [0, 0.05) is 0 Å². The Balaban J connectivity index is 0.00000288. The number of methoxy groups -OCH3 is 1.